The van der Waals surface area contributed by atoms with Gasteiger partial charge in [0, 0.05) is 31.7 Å². The van der Waals surface area contributed by atoms with Crippen molar-refractivity contribution < 1.29 is 14.3 Å². The average Bonchev–Trinajstić information content (AvgIpc) is 2.83. The van der Waals surface area contributed by atoms with Crippen LogP contribution in [0.3, 0.4) is 0 Å². The summed E-state index contributed by atoms with van der Waals surface area (Å²) in [5.74, 6) is 1.28. The number of rotatable bonds is 9. The molecule has 1 amide bonds. The van der Waals surface area contributed by atoms with Crippen molar-refractivity contribution in [3.8, 4) is 17.6 Å². The van der Waals surface area contributed by atoms with Crippen LogP contribution in [-0.4, -0.2) is 55.1 Å². The number of carbonyl (C=O) groups excluding carboxylic acids is 1. The number of benzene rings is 2. The Morgan fingerprint density at radius 3 is 2.23 bits per heavy atom. The molecule has 1 atom stereocenters. The first-order valence-corrected chi connectivity index (χ1v) is 11.1. The normalized spacial score (nSPS) is 15.2. The molecule has 0 aliphatic carbocycles. The van der Waals surface area contributed by atoms with Crippen molar-refractivity contribution in [3.05, 3.63) is 59.7 Å². The summed E-state index contributed by atoms with van der Waals surface area (Å²) < 4.78 is 11.6. The number of ether oxygens (including phenoxy) is 2. The van der Waals surface area contributed by atoms with Gasteiger partial charge in [0.2, 0.25) is 0 Å². The first-order valence-electron chi connectivity index (χ1n) is 11.1. The SMILES string of the molecule is CCCOc1ccc(C(=O)N2CCN(C(C#N)c3ccccc3)CC2)cc1OCCC. The van der Waals surface area contributed by atoms with Gasteiger partial charge >= 0.3 is 0 Å². The van der Waals surface area contributed by atoms with E-state index in [9.17, 15) is 10.1 Å². The van der Waals surface area contributed by atoms with Crippen LogP contribution in [0.2, 0.25) is 0 Å². The van der Waals surface area contributed by atoms with Gasteiger partial charge in [-0.1, -0.05) is 44.2 Å². The molecule has 0 aromatic heterocycles. The van der Waals surface area contributed by atoms with Gasteiger partial charge in [-0.05, 0) is 36.6 Å². The zero-order valence-electron chi connectivity index (χ0n) is 18.4. The fourth-order valence-electron chi connectivity index (χ4n) is 3.67. The van der Waals surface area contributed by atoms with Crippen LogP contribution in [0.5, 0.6) is 11.5 Å². The maximum Gasteiger partial charge on any atom is 0.254 e. The Morgan fingerprint density at radius 2 is 1.61 bits per heavy atom. The minimum atomic E-state index is -0.289. The van der Waals surface area contributed by atoms with Crippen molar-refractivity contribution in [2.75, 3.05) is 39.4 Å². The van der Waals surface area contributed by atoms with Gasteiger partial charge in [0.15, 0.2) is 11.5 Å². The summed E-state index contributed by atoms with van der Waals surface area (Å²) in [6, 6.07) is 17.3. The van der Waals surface area contributed by atoms with Crippen molar-refractivity contribution in [3.63, 3.8) is 0 Å². The molecule has 6 heteroatoms. The van der Waals surface area contributed by atoms with E-state index in [1.807, 2.05) is 48.2 Å². The third-order valence-corrected chi connectivity index (χ3v) is 5.32. The average molecular weight is 422 g/mol. The second-order valence-electron chi connectivity index (χ2n) is 7.63. The van der Waals surface area contributed by atoms with Crippen LogP contribution >= 0.6 is 0 Å². The fourth-order valence-corrected chi connectivity index (χ4v) is 3.67. The van der Waals surface area contributed by atoms with Crippen molar-refractivity contribution >= 4 is 5.91 Å². The van der Waals surface area contributed by atoms with E-state index in [2.05, 4.69) is 17.9 Å². The third-order valence-electron chi connectivity index (χ3n) is 5.32. The van der Waals surface area contributed by atoms with Gasteiger partial charge in [-0.15, -0.1) is 0 Å². The number of piperazine rings is 1. The van der Waals surface area contributed by atoms with Crippen molar-refractivity contribution in [1.82, 2.24) is 9.80 Å². The molecule has 1 aliphatic rings. The van der Waals surface area contributed by atoms with Gasteiger partial charge in [-0.3, -0.25) is 9.69 Å². The van der Waals surface area contributed by atoms with Crippen LogP contribution in [0.1, 0.15) is 48.7 Å². The molecule has 164 valence electrons. The van der Waals surface area contributed by atoms with Gasteiger partial charge in [-0.2, -0.15) is 5.26 Å². The van der Waals surface area contributed by atoms with E-state index in [4.69, 9.17) is 9.47 Å². The summed E-state index contributed by atoms with van der Waals surface area (Å²) in [7, 11) is 0. The summed E-state index contributed by atoms with van der Waals surface area (Å²) in [5.41, 5.74) is 1.59. The molecule has 0 radical (unpaired) electrons. The molecule has 0 saturated carbocycles. The highest BCUT2D eigenvalue weighted by Gasteiger charge is 2.28. The highest BCUT2D eigenvalue weighted by Crippen LogP contribution is 2.30. The Hall–Kier alpha value is -3.04. The number of amides is 1. The van der Waals surface area contributed by atoms with E-state index < -0.39 is 0 Å². The summed E-state index contributed by atoms with van der Waals surface area (Å²) in [6.45, 7) is 7.79. The minimum Gasteiger partial charge on any atom is -0.490 e. The molecule has 2 aromatic carbocycles. The van der Waals surface area contributed by atoms with Gasteiger partial charge < -0.3 is 14.4 Å². The first-order chi connectivity index (χ1) is 15.2. The molecule has 1 saturated heterocycles. The van der Waals surface area contributed by atoms with E-state index in [1.54, 1.807) is 12.1 Å². The second kappa shape index (κ2) is 11.4. The molecule has 3 rings (SSSR count). The number of hydrogen-bond acceptors (Lipinski definition) is 5. The van der Waals surface area contributed by atoms with Crippen LogP contribution < -0.4 is 9.47 Å². The van der Waals surface area contributed by atoms with Gasteiger partial charge in [0.05, 0.1) is 19.3 Å². The summed E-state index contributed by atoms with van der Waals surface area (Å²) in [4.78, 5) is 17.1. The molecule has 1 aliphatic heterocycles. The predicted octanol–water partition coefficient (Wildman–Crippen LogP) is 4.29. The van der Waals surface area contributed by atoms with Crippen molar-refractivity contribution in [2.45, 2.75) is 32.7 Å². The Balaban J connectivity index is 1.66. The summed E-state index contributed by atoms with van der Waals surface area (Å²) in [5, 5.41) is 9.68. The Bertz CT molecular complexity index is 887. The lowest BCUT2D eigenvalue weighted by atomic mass is 10.1. The Labute approximate surface area is 185 Å². The van der Waals surface area contributed by atoms with Crippen LogP contribution in [-0.2, 0) is 0 Å². The molecule has 31 heavy (non-hydrogen) atoms. The Kier molecular flexibility index (Phi) is 8.31. The molecule has 2 aromatic rings. The quantitative estimate of drug-likeness (QED) is 0.604. The summed E-state index contributed by atoms with van der Waals surface area (Å²) in [6.07, 6.45) is 1.79. The van der Waals surface area contributed by atoms with Gasteiger partial charge in [0.25, 0.3) is 5.91 Å². The highest BCUT2D eigenvalue weighted by atomic mass is 16.5. The van der Waals surface area contributed by atoms with Crippen molar-refractivity contribution in [1.29, 1.82) is 5.26 Å². The molecular formula is C25H31N3O3. The summed E-state index contributed by atoms with van der Waals surface area (Å²) >= 11 is 0. The van der Waals surface area contributed by atoms with E-state index in [0.29, 0.717) is 56.5 Å². The van der Waals surface area contributed by atoms with Gasteiger partial charge in [0.1, 0.15) is 6.04 Å². The zero-order valence-corrected chi connectivity index (χ0v) is 18.4. The molecule has 0 N–H and O–H groups in total. The third kappa shape index (κ3) is 5.77. The number of nitrogens with zero attached hydrogens (tertiary/aromatic N) is 3. The maximum atomic E-state index is 13.1. The highest BCUT2D eigenvalue weighted by molar-refractivity contribution is 5.95. The molecule has 6 nitrogen and oxygen atoms in total. The lowest BCUT2D eigenvalue weighted by molar-refractivity contribution is 0.0606. The molecular weight excluding hydrogens is 390 g/mol. The van der Waals surface area contributed by atoms with E-state index in [-0.39, 0.29) is 11.9 Å². The molecule has 1 unspecified atom stereocenters. The molecule has 1 heterocycles. The van der Waals surface area contributed by atoms with E-state index in [0.717, 1.165) is 18.4 Å². The maximum absolute atomic E-state index is 13.1. The minimum absolute atomic E-state index is 0.0174. The molecule has 0 spiro atoms. The molecule has 0 bridgehead atoms. The number of carbonyl (C=O) groups is 1. The predicted molar refractivity (Wildman–Crippen MR) is 120 cm³/mol. The van der Waals surface area contributed by atoms with E-state index in [1.165, 1.54) is 0 Å². The topological polar surface area (TPSA) is 65.8 Å². The van der Waals surface area contributed by atoms with Crippen LogP contribution in [0.15, 0.2) is 48.5 Å². The fraction of sp³-hybridized carbons (Fsp3) is 0.440. The standard InChI is InChI=1S/C25H31N3O3/c1-3-16-30-23-11-10-21(18-24(23)31-17-4-2)25(29)28-14-12-27(13-15-28)22(19-26)20-8-6-5-7-9-20/h5-11,18,22H,3-4,12-17H2,1-2H3. The van der Waals surface area contributed by atoms with Crippen LogP contribution in [0.4, 0.5) is 0 Å². The van der Waals surface area contributed by atoms with Crippen LogP contribution in [0.25, 0.3) is 0 Å². The lowest BCUT2D eigenvalue weighted by Gasteiger charge is -2.37. The monoisotopic (exact) mass is 421 g/mol. The van der Waals surface area contributed by atoms with E-state index >= 15 is 0 Å². The smallest absolute Gasteiger partial charge is 0.254 e. The first kappa shape index (κ1) is 22.6. The van der Waals surface area contributed by atoms with Crippen LogP contribution in [0, 0.1) is 11.3 Å². The largest absolute Gasteiger partial charge is 0.490 e. The molecule has 1 fully saturated rings. The number of hydrogen-bond donors (Lipinski definition) is 0. The van der Waals surface area contributed by atoms with Gasteiger partial charge in [-0.25, -0.2) is 0 Å². The Morgan fingerprint density at radius 1 is 0.968 bits per heavy atom. The zero-order chi connectivity index (χ0) is 22.1. The second-order valence-corrected chi connectivity index (χ2v) is 7.63. The number of nitriles is 1. The van der Waals surface area contributed by atoms with Crippen molar-refractivity contribution in [2.24, 2.45) is 0 Å². The lowest BCUT2D eigenvalue weighted by Crippen LogP contribution is -2.49.